The molecular weight excluding hydrogens is 244 g/mol. The summed E-state index contributed by atoms with van der Waals surface area (Å²) in [4.78, 5) is 16.8. The van der Waals surface area contributed by atoms with E-state index in [1.807, 2.05) is 11.8 Å². The summed E-state index contributed by atoms with van der Waals surface area (Å²) in [5.41, 5.74) is 6.00. The Kier molecular flexibility index (Phi) is 4.40. The number of aryl methyl sites for hydroxylation is 1. The molecule has 1 amide bonds. The maximum atomic E-state index is 12.4. The quantitative estimate of drug-likeness (QED) is 0.912. The third-order valence-corrected chi connectivity index (χ3v) is 4.60. The molecule has 0 aliphatic carbocycles. The van der Waals surface area contributed by atoms with Crippen molar-refractivity contribution in [1.82, 2.24) is 4.90 Å². The molecule has 0 bridgehead atoms. The predicted octanol–water partition coefficient (Wildman–Crippen LogP) is 2.33. The number of nitrogens with two attached hydrogens (primary N) is 1. The van der Waals surface area contributed by atoms with Crippen molar-refractivity contribution in [1.29, 1.82) is 0 Å². The van der Waals surface area contributed by atoms with Gasteiger partial charge in [0.05, 0.1) is 6.42 Å². The fourth-order valence-corrected chi connectivity index (χ4v) is 3.53. The van der Waals surface area contributed by atoms with Crippen LogP contribution < -0.4 is 5.73 Å². The molecule has 0 saturated carbocycles. The van der Waals surface area contributed by atoms with Crippen molar-refractivity contribution in [2.75, 3.05) is 6.54 Å². The first-order valence-electron chi connectivity index (χ1n) is 6.68. The highest BCUT2D eigenvalue weighted by molar-refractivity contribution is 7.12. The van der Waals surface area contributed by atoms with Gasteiger partial charge in [-0.2, -0.15) is 0 Å². The maximum Gasteiger partial charge on any atom is 0.228 e. The number of rotatable bonds is 3. The van der Waals surface area contributed by atoms with Gasteiger partial charge < -0.3 is 10.6 Å². The topological polar surface area (TPSA) is 46.3 Å². The highest BCUT2D eigenvalue weighted by Crippen LogP contribution is 2.22. The Labute approximate surface area is 113 Å². The predicted molar refractivity (Wildman–Crippen MR) is 75.8 cm³/mol. The average Bonchev–Trinajstić information content (AvgIpc) is 2.74. The van der Waals surface area contributed by atoms with Gasteiger partial charge in [0.2, 0.25) is 5.91 Å². The van der Waals surface area contributed by atoms with Crippen LogP contribution >= 0.6 is 11.3 Å². The van der Waals surface area contributed by atoms with Crippen molar-refractivity contribution in [3.63, 3.8) is 0 Å². The van der Waals surface area contributed by atoms with Crippen LogP contribution in [0.15, 0.2) is 12.1 Å². The van der Waals surface area contributed by atoms with Crippen molar-refractivity contribution in [3.05, 3.63) is 21.9 Å². The maximum absolute atomic E-state index is 12.4. The molecule has 0 spiro atoms. The first-order chi connectivity index (χ1) is 8.58. The number of hydrogen-bond donors (Lipinski definition) is 1. The van der Waals surface area contributed by atoms with Crippen molar-refractivity contribution in [2.45, 2.75) is 51.6 Å². The largest absolute Gasteiger partial charge is 0.338 e. The van der Waals surface area contributed by atoms with Crippen LogP contribution in [-0.2, 0) is 11.2 Å². The third kappa shape index (κ3) is 3.12. The SMILES string of the molecule is Cc1ccc(CC(=O)N2CCCCC2C(C)N)s1. The van der Waals surface area contributed by atoms with Gasteiger partial charge in [0.15, 0.2) is 0 Å². The number of nitrogens with zero attached hydrogens (tertiary/aromatic N) is 1. The average molecular weight is 266 g/mol. The second-order valence-corrected chi connectivity index (χ2v) is 6.57. The van der Waals surface area contributed by atoms with E-state index >= 15 is 0 Å². The van der Waals surface area contributed by atoms with Gasteiger partial charge in [-0.15, -0.1) is 11.3 Å². The van der Waals surface area contributed by atoms with Crippen LogP contribution in [0.5, 0.6) is 0 Å². The second-order valence-electron chi connectivity index (χ2n) is 5.20. The van der Waals surface area contributed by atoms with E-state index < -0.39 is 0 Å². The lowest BCUT2D eigenvalue weighted by Crippen LogP contribution is -2.52. The fourth-order valence-electron chi connectivity index (χ4n) is 2.64. The third-order valence-electron chi connectivity index (χ3n) is 3.60. The monoisotopic (exact) mass is 266 g/mol. The smallest absolute Gasteiger partial charge is 0.228 e. The lowest BCUT2D eigenvalue weighted by Gasteiger charge is -2.38. The van der Waals surface area contributed by atoms with Crippen LogP contribution in [0.25, 0.3) is 0 Å². The molecule has 18 heavy (non-hydrogen) atoms. The summed E-state index contributed by atoms with van der Waals surface area (Å²) < 4.78 is 0. The van der Waals surface area contributed by atoms with Crippen molar-refractivity contribution in [3.8, 4) is 0 Å². The van der Waals surface area contributed by atoms with E-state index in [0.29, 0.717) is 6.42 Å². The number of hydrogen-bond acceptors (Lipinski definition) is 3. The summed E-state index contributed by atoms with van der Waals surface area (Å²) in [7, 11) is 0. The normalized spacial score (nSPS) is 21.9. The van der Waals surface area contributed by atoms with E-state index in [2.05, 4.69) is 19.1 Å². The number of carbonyl (C=O) groups is 1. The van der Waals surface area contributed by atoms with E-state index in [4.69, 9.17) is 5.73 Å². The molecule has 1 saturated heterocycles. The molecule has 1 aliphatic rings. The molecule has 3 nitrogen and oxygen atoms in total. The molecule has 100 valence electrons. The van der Waals surface area contributed by atoms with Crippen LogP contribution in [0.4, 0.5) is 0 Å². The Hall–Kier alpha value is -0.870. The molecular formula is C14H22N2OS. The van der Waals surface area contributed by atoms with Crippen LogP contribution in [0, 0.1) is 6.92 Å². The van der Waals surface area contributed by atoms with E-state index in [1.165, 1.54) is 11.3 Å². The van der Waals surface area contributed by atoms with Crippen molar-refractivity contribution in [2.24, 2.45) is 5.73 Å². The van der Waals surface area contributed by atoms with Crippen molar-refractivity contribution >= 4 is 17.2 Å². The highest BCUT2D eigenvalue weighted by atomic mass is 32.1. The van der Waals surface area contributed by atoms with E-state index in [9.17, 15) is 4.79 Å². The molecule has 0 aromatic carbocycles. The highest BCUT2D eigenvalue weighted by Gasteiger charge is 2.29. The standard InChI is InChI=1S/C14H22N2OS/c1-10-6-7-12(18-10)9-14(17)16-8-4-3-5-13(16)11(2)15/h6-7,11,13H,3-5,8-9,15H2,1-2H3. The minimum absolute atomic E-state index is 0.0688. The van der Waals surface area contributed by atoms with Gasteiger partial charge in [-0.1, -0.05) is 0 Å². The van der Waals surface area contributed by atoms with Gasteiger partial charge in [-0.3, -0.25) is 4.79 Å². The molecule has 0 radical (unpaired) electrons. The van der Waals surface area contributed by atoms with Crippen LogP contribution in [-0.4, -0.2) is 29.4 Å². The number of thiophene rings is 1. The Morgan fingerprint density at radius 2 is 2.33 bits per heavy atom. The molecule has 2 rings (SSSR count). The Morgan fingerprint density at radius 1 is 1.56 bits per heavy atom. The summed E-state index contributed by atoms with van der Waals surface area (Å²) in [6.07, 6.45) is 3.88. The van der Waals surface area contributed by atoms with Gasteiger partial charge in [0.25, 0.3) is 0 Å². The number of piperidine rings is 1. The minimum Gasteiger partial charge on any atom is -0.338 e. The molecule has 2 unspecified atom stereocenters. The zero-order chi connectivity index (χ0) is 13.1. The first-order valence-corrected chi connectivity index (χ1v) is 7.50. The zero-order valence-electron chi connectivity index (χ0n) is 11.2. The molecule has 2 heterocycles. The Bertz CT molecular complexity index is 414. The lowest BCUT2D eigenvalue weighted by molar-refractivity contribution is -0.134. The van der Waals surface area contributed by atoms with Gasteiger partial charge in [-0.05, 0) is 45.2 Å². The van der Waals surface area contributed by atoms with E-state index in [0.717, 1.165) is 24.3 Å². The Morgan fingerprint density at radius 3 is 2.94 bits per heavy atom. The van der Waals surface area contributed by atoms with Gasteiger partial charge in [0, 0.05) is 28.4 Å². The molecule has 4 heteroatoms. The number of amides is 1. The summed E-state index contributed by atoms with van der Waals surface area (Å²) in [5, 5.41) is 0. The molecule has 2 atom stereocenters. The van der Waals surface area contributed by atoms with Gasteiger partial charge in [-0.25, -0.2) is 0 Å². The summed E-state index contributed by atoms with van der Waals surface area (Å²) in [6, 6.07) is 4.43. The van der Waals surface area contributed by atoms with Crippen LogP contribution in [0.1, 0.15) is 35.9 Å². The minimum atomic E-state index is 0.0688. The summed E-state index contributed by atoms with van der Waals surface area (Å²) in [6.45, 7) is 4.95. The van der Waals surface area contributed by atoms with Crippen molar-refractivity contribution < 1.29 is 4.79 Å². The summed E-state index contributed by atoms with van der Waals surface area (Å²) in [5.74, 6) is 0.235. The lowest BCUT2D eigenvalue weighted by atomic mass is 9.96. The molecule has 1 aromatic rings. The number of likely N-dealkylation sites (tertiary alicyclic amines) is 1. The van der Waals surface area contributed by atoms with Gasteiger partial charge in [0.1, 0.15) is 0 Å². The first kappa shape index (κ1) is 13.6. The Balaban J connectivity index is 2.02. The van der Waals surface area contributed by atoms with Crippen LogP contribution in [0.2, 0.25) is 0 Å². The summed E-state index contributed by atoms with van der Waals surface area (Å²) >= 11 is 1.71. The second kappa shape index (κ2) is 5.85. The molecule has 1 aromatic heterocycles. The molecule has 2 N–H and O–H groups in total. The van der Waals surface area contributed by atoms with E-state index in [-0.39, 0.29) is 18.0 Å². The van der Waals surface area contributed by atoms with Crippen LogP contribution in [0.3, 0.4) is 0 Å². The van der Waals surface area contributed by atoms with E-state index in [1.54, 1.807) is 11.3 Å². The molecule has 1 aliphatic heterocycles. The fraction of sp³-hybridized carbons (Fsp3) is 0.643. The van der Waals surface area contributed by atoms with Gasteiger partial charge >= 0.3 is 0 Å². The zero-order valence-corrected chi connectivity index (χ0v) is 12.0. The number of carbonyl (C=O) groups excluding carboxylic acids is 1. The molecule has 1 fully saturated rings.